The van der Waals surface area contributed by atoms with Crippen molar-refractivity contribution in [3.63, 3.8) is 0 Å². The smallest absolute Gasteiger partial charge is 0.236 e. The number of hydrogen-bond acceptors (Lipinski definition) is 3. The summed E-state index contributed by atoms with van der Waals surface area (Å²) in [7, 11) is 0. The van der Waals surface area contributed by atoms with E-state index in [9.17, 15) is 4.79 Å². The third-order valence-electron chi connectivity index (χ3n) is 2.55. The quantitative estimate of drug-likeness (QED) is 0.720. The molecule has 0 aromatic carbocycles. The van der Waals surface area contributed by atoms with E-state index in [0.717, 1.165) is 25.9 Å². The Hall–Kier alpha value is -0.610. The maximum atomic E-state index is 11.7. The number of rotatable bonds is 4. The van der Waals surface area contributed by atoms with Crippen molar-refractivity contribution in [1.29, 1.82) is 0 Å². The predicted molar refractivity (Wildman–Crippen MR) is 56.5 cm³/mol. The molecule has 1 aliphatic heterocycles. The molecule has 0 aromatic heterocycles. The van der Waals surface area contributed by atoms with Gasteiger partial charge in [0.1, 0.15) is 0 Å². The lowest BCUT2D eigenvalue weighted by atomic mass is 10.2. The zero-order valence-corrected chi connectivity index (χ0v) is 9.20. The van der Waals surface area contributed by atoms with Gasteiger partial charge < -0.3 is 5.73 Å². The fourth-order valence-electron chi connectivity index (χ4n) is 1.82. The van der Waals surface area contributed by atoms with E-state index in [4.69, 9.17) is 5.73 Å². The van der Waals surface area contributed by atoms with E-state index in [2.05, 4.69) is 18.9 Å². The van der Waals surface area contributed by atoms with Crippen molar-refractivity contribution in [1.82, 2.24) is 10.0 Å². The zero-order valence-electron chi connectivity index (χ0n) is 9.20. The Balaban J connectivity index is 2.56. The molecule has 0 atom stereocenters. The average molecular weight is 199 g/mol. The first kappa shape index (κ1) is 11.5. The molecule has 4 nitrogen and oxygen atoms in total. The molecule has 2 N–H and O–H groups in total. The first-order valence-corrected chi connectivity index (χ1v) is 5.43. The Morgan fingerprint density at radius 2 is 2.21 bits per heavy atom. The van der Waals surface area contributed by atoms with Crippen LogP contribution in [0.1, 0.15) is 33.1 Å². The monoisotopic (exact) mass is 199 g/mol. The molecule has 0 spiro atoms. The summed E-state index contributed by atoms with van der Waals surface area (Å²) < 4.78 is 0. The SMILES string of the molecule is CC(C)N1CCCC(=O)N1CCCN. The summed E-state index contributed by atoms with van der Waals surface area (Å²) in [5.41, 5.74) is 5.46. The molecule has 1 heterocycles. The second-order valence-electron chi connectivity index (χ2n) is 4.02. The lowest BCUT2D eigenvalue weighted by Gasteiger charge is -2.41. The van der Waals surface area contributed by atoms with Gasteiger partial charge >= 0.3 is 0 Å². The van der Waals surface area contributed by atoms with Crippen LogP contribution in [0.25, 0.3) is 0 Å². The zero-order chi connectivity index (χ0) is 10.6. The van der Waals surface area contributed by atoms with Gasteiger partial charge in [0, 0.05) is 25.6 Å². The maximum Gasteiger partial charge on any atom is 0.236 e. The van der Waals surface area contributed by atoms with Crippen LogP contribution in [0.15, 0.2) is 0 Å². The van der Waals surface area contributed by atoms with E-state index in [1.807, 2.05) is 5.01 Å². The van der Waals surface area contributed by atoms with E-state index in [0.29, 0.717) is 19.0 Å². The highest BCUT2D eigenvalue weighted by atomic mass is 16.2. The van der Waals surface area contributed by atoms with E-state index in [1.54, 1.807) is 0 Å². The van der Waals surface area contributed by atoms with Gasteiger partial charge in [0.05, 0.1) is 0 Å². The normalized spacial score (nSPS) is 19.4. The minimum Gasteiger partial charge on any atom is -0.330 e. The van der Waals surface area contributed by atoms with Crippen molar-refractivity contribution in [3.05, 3.63) is 0 Å². The molecular weight excluding hydrogens is 178 g/mol. The minimum absolute atomic E-state index is 0.249. The molecule has 1 saturated heterocycles. The van der Waals surface area contributed by atoms with E-state index in [1.165, 1.54) is 0 Å². The summed E-state index contributed by atoms with van der Waals surface area (Å²) in [5, 5.41) is 4.03. The Morgan fingerprint density at radius 3 is 2.79 bits per heavy atom. The van der Waals surface area contributed by atoms with Crippen LogP contribution in [0.2, 0.25) is 0 Å². The third kappa shape index (κ3) is 2.69. The van der Waals surface area contributed by atoms with Gasteiger partial charge in [-0.25, -0.2) is 5.01 Å². The van der Waals surface area contributed by atoms with Crippen LogP contribution < -0.4 is 5.73 Å². The van der Waals surface area contributed by atoms with Crippen molar-refractivity contribution in [2.45, 2.75) is 39.2 Å². The molecule has 82 valence electrons. The van der Waals surface area contributed by atoms with Crippen molar-refractivity contribution in [3.8, 4) is 0 Å². The number of carbonyl (C=O) groups excluding carboxylic acids is 1. The number of nitrogens with zero attached hydrogens (tertiary/aromatic N) is 2. The van der Waals surface area contributed by atoms with Crippen molar-refractivity contribution >= 4 is 5.91 Å². The van der Waals surface area contributed by atoms with Gasteiger partial charge in [-0.15, -0.1) is 0 Å². The Bertz CT molecular complexity index is 194. The molecule has 0 aromatic rings. The van der Waals surface area contributed by atoms with E-state index >= 15 is 0 Å². The summed E-state index contributed by atoms with van der Waals surface area (Å²) in [4.78, 5) is 11.7. The van der Waals surface area contributed by atoms with Crippen LogP contribution in [0.5, 0.6) is 0 Å². The summed E-state index contributed by atoms with van der Waals surface area (Å²) in [6.45, 7) is 6.65. The molecule has 14 heavy (non-hydrogen) atoms. The van der Waals surface area contributed by atoms with Crippen molar-refractivity contribution < 1.29 is 4.79 Å². The molecule has 4 heteroatoms. The Labute approximate surface area is 86.0 Å². The summed E-state index contributed by atoms with van der Waals surface area (Å²) in [6.07, 6.45) is 2.55. The van der Waals surface area contributed by atoms with Gasteiger partial charge in [-0.3, -0.25) is 9.80 Å². The summed E-state index contributed by atoms with van der Waals surface area (Å²) in [6, 6.07) is 0.400. The second kappa shape index (κ2) is 5.32. The standard InChI is InChI=1S/C10H21N3O/c1-9(2)12-7-3-5-10(14)13(12)8-4-6-11/h9H,3-8,11H2,1-2H3. The first-order chi connectivity index (χ1) is 6.66. The lowest BCUT2D eigenvalue weighted by Crippen LogP contribution is -2.53. The van der Waals surface area contributed by atoms with E-state index < -0.39 is 0 Å². The van der Waals surface area contributed by atoms with Crippen LogP contribution in [0.4, 0.5) is 0 Å². The molecule has 1 aliphatic rings. The van der Waals surface area contributed by atoms with Gasteiger partial charge in [0.15, 0.2) is 0 Å². The molecule has 0 unspecified atom stereocenters. The van der Waals surface area contributed by atoms with Crippen molar-refractivity contribution in [2.24, 2.45) is 5.73 Å². The predicted octanol–water partition coefficient (Wildman–Crippen LogP) is 0.583. The second-order valence-corrected chi connectivity index (χ2v) is 4.02. The molecule has 0 saturated carbocycles. The molecule has 1 amide bonds. The number of amides is 1. The van der Waals surface area contributed by atoms with Gasteiger partial charge in [0.25, 0.3) is 0 Å². The van der Waals surface area contributed by atoms with Gasteiger partial charge in [0.2, 0.25) is 5.91 Å². The first-order valence-electron chi connectivity index (χ1n) is 5.43. The van der Waals surface area contributed by atoms with Crippen LogP contribution >= 0.6 is 0 Å². The number of nitrogens with two attached hydrogens (primary N) is 1. The summed E-state index contributed by atoms with van der Waals surface area (Å²) >= 11 is 0. The largest absolute Gasteiger partial charge is 0.330 e. The maximum absolute atomic E-state index is 11.7. The van der Waals surface area contributed by atoms with Gasteiger partial charge in [-0.05, 0) is 33.2 Å². The lowest BCUT2D eigenvalue weighted by molar-refractivity contribution is -0.159. The summed E-state index contributed by atoms with van der Waals surface area (Å²) in [5.74, 6) is 0.249. The van der Waals surface area contributed by atoms with Crippen LogP contribution in [0, 0.1) is 0 Å². The van der Waals surface area contributed by atoms with Crippen LogP contribution in [-0.4, -0.2) is 41.6 Å². The molecule has 1 fully saturated rings. The van der Waals surface area contributed by atoms with E-state index in [-0.39, 0.29) is 5.91 Å². The number of hydrogen-bond donors (Lipinski definition) is 1. The van der Waals surface area contributed by atoms with Crippen LogP contribution in [-0.2, 0) is 4.79 Å². The Kier molecular flexibility index (Phi) is 4.35. The third-order valence-corrected chi connectivity index (χ3v) is 2.55. The number of hydrazine groups is 1. The molecule has 0 aliphatic carbocycles. The van der Waals surface area contributed by atoms with Crippen LogP contribution in [0.3, 0.4) is 0 Å². The Morgan fingerprint density at radius 1 is 1.50 bits per heavy atom. The number of carbonyl (C=O) groups is 1. The highest BCUT2D eigenvalue weighted by molar-refractivity contribution is 5.76. The van der Waals surface area contributed by atoms with Gasteiger partial charge in [-0.2, -0.15) is 0 Å². The fraction of sp³-hybridized carbons (Fsp3) is 0.900. The molecule has 0 bridgehead atoms. The molecular formula is C10H21N3O. The highest BCUT2D eigenvalue weighted by Crippen LogP contribution is 2.15. The molecule has 1 rings (SSSR count). The fourth-order valence-corrected chi connectivity index (χ4v) is 1.82. The molecule has 0 radical (unpaired) electrons. The minimum atomic E-state index is 0.249. The highest BCUT2D eigenvalue weighted by Gasteiger charge is 2.26. The topological polar surface area (TPSA) is 49.6 Å². The van der Waals surface area contributed by atoms with Gasteiger partial charge in [-0.1, -0.05) is 0 Å². The average Bonchev–Trinajstić information content (AvgIpc) is 2.15. The van der Waals surface area contributed by atoms with Crippen molar-refractivity contribution in [2.75, 3.05) is 19.6 Å².